The number of nitrogens with zero attached hydrogens (tertiary/aromatic N) is 1. The van der Waals surface area contributed by atoms with Crippen molar-refractivity contribution < 1.29 is 17.9 Å². The van der Waals surface area contributed by atoms with Gasteiger partial charge < -0.3 is 4.74 Å². The molecule has 118 valence electrons. The van der Waals surface area contributed by atoms with Crippen molar-refractivity contribution in [1.29, 1.82) is 0 Å². The molecule has 6 heteroatoms. The van der Waals surface area contributed by atoms with Crippen molar-refractivity contribution in [2.75, 3.05) is 26.5 Å². The molecule has 0 aliphatic carbocycles. The van der Waals surface area contributed by atoms with Gasteiger partial charge in [0, 0.05) is 26.6 Å². The molecule has 1 aliphatic heterocycles. The van der Waals surface area contributed by atoms with E-state index < -0.39 is 16.1 Å². The van der Waals surface area contributed by atoms with Crippen LogP contribution in [0.4, 0.5) is 0 Å². The van der Waals surface area contributed by atoms with Crippen molar-refractivity contribution in [3.05, 3.63) is 0 Å². The van der Waals surface area contributed by atoms with Crippen molar-refractivity contribution in [1.82, 2.24) is 4.31 Å². The zero-order chi connectivity index (χ0) is 15.6. The highest BCUT2D eigenvalue weighted by Gasteiger charge is 2.34. The van der Waals surface area contributed by atoms with Crippen molar-refractivity contribution in [3.63, 3.8) is 0 Å². The van der Waals surface area contributed by atoms with Gasteiger partial charge in [0.05, 0.1) is 6.26 Å². The summed E-state index contributed by atoms with van der Waals surface area (Å²) in [7, 11) is -1.60. The molecule has 0 aromatic rings. The van der Waals surface area contributed by atoms with E-state index in [9.17, 15) is 13.2 Å². The van der Waals surface area contributed by atoms with E-state index in [1.165, 1.54) is 10.6 Å². The monoisotopic (exact) mass is 305 g/mol. The SMILES string of the molecule is COC(C(=O)CC1CCCN(S(C)(=O)=O)C1)C(C)(C)C. The molecular weight excluding hydrogens is 278 g/mol. The van der Waals surface area contributed by atoms with Crippen LogP contribution in [-0.2, 0) is 19.6 Å². The maximum atomic E-state index is 12.4. The van der Waals surface area contributed by atoms with Gasteiger partial charge in [0.1, 0.15) is 6.10 Å². The third kappa shape index (κ3) is 4.82. The molecule has 1 aliphatic rings. The second-order valence-electron chi connectivity index (χ2n) is 6.78. The molecule has 5 nitrogen and oxygen atoms in total. The summed E-state index contributed by atoms with van der Waals surface area (Å²) in [5, 5.41) is 0. The van der Waals surface area contributed by atoms with Crippen LogP contribution in [0.5, 0.6) is 0 Å². The molecule has 0 amide bonds. The van der Waals surface area contributed by atoms with E-state index in [1.54, 1.807) is 7.11 Å². The molecule has 1 rings (SSSR count). The Balaban J connectivity index is 2.66. The number of carbonyl (C=O) groups is 1. The Hall–Kier alpha value is -0.460. The summed E-state index contributed by atoms with van der Waals surface area (Å²) >= 11 is 0. The fraction of sp³-hybridized carbons (Fsp3) is 0.929. The van der Waals surface area contributed by atoms with E-state index in [-0.39, 0.29) is 17.1 Å². The summed E-state index contributed by atoms with van der Waals surface area (Å²) < 4.78 is 30.0. The average molecular weight is 305 g/mol. The van der Waals surface area contributed by atoms with Gasteiger partial charge in [0.25, 0.3) is 0 Å². The highest BCUT2D eigenvalue weighted by molar-refractivity contribution is 7.88. The lowest BCUT2D eigenvalue weighted by Gasteiger charge is -2.33. The third-order valence-corrected chi connectivity index (χ3v) is 5.02. The first-order valence-electron chi connectivity index (χ1n) is 7.06. The van der Waals surface area contributed by atoms with Gasteiger partial charge in [0.2, 0.25) is 10.0 Å². The largest absolute Gasteiger partial charge is 0.373 e. The van der Waals surface area contributed by atoms with Crippen LogP contribution in [0.3, 0.4) is 0 Å². The zero-order valence-corrected chi connectivity index (χ0v) is 14.0. The van der Waals surface area contributed by atoms with E-state index in [1.807, 2.05) is 20.8 Å². The molecule has 0 radical (unpaired) electrons. The molecule has 1 heterocycles. The molecule has 0 aromatic heterocycles. The van der Waals surface area contributed by atoms with Gasteiger partial charge in [-0.05, 0) is 24.2 Å². The summed E-state index contributed by atoms with van der Waals surface area (Å²) in [4.78, 5) is 12.4. The Kier molecular flexibility index (Phi) is 5.75. The number of methoxy groups -OCH3 is 1. The van der Waals surface area contributed by atoms with Crippen LogP contribution in [0.1, 0.15) is 40.0 Å². The summed E-state index contributed by atoms with van der Waals surface area (Å²) in [5.41, 5.74) is -0.239. The number of hydrogen-bond donors (Lipinski definition) is 0. The Morgan fingerprint density at radius 3 is 2.45 bits per heavy atom. The molecule has 20 heavy (non-hydrogen) atoms. The number of sulfonamides is 1. The standard InChI is InChI=1S/C14H27NO4S/c1-14(2,3)13(19-4)12(16)9-11-7-6-8-15(10-11)20(5,17)18/h11,13H,6-10H2,1-5H3. The molecule has 0 aromatic carbocycles. The third-order valence-electron chi connectivity index (χ3n) is 3.76. The molecule has 2 unspecified atom stereocenters. The maximum Gasteiger partial charge on any atom is 0.211 e. The van der Waals surface area contributed by atoms with E-state index in [4.69, 9.17) is 4.74 Å². The van der Waals surface area contributed by atoms with Crippen LogP contribution in [0.15, 0.2) is 0 Å². The Morgan fingerprint density at radius 2 is 2.00 bits per heavy atom. The van der Waals surface area contributed by atoms with Crippen molar-refractivity contribution in [2.45, 2.75) is 46.1 Å². The number of Topliss-reactive ketones (excluding diaryl/α,β-unsaturated/α-hetero) is 1. The highest BCUT2D eigenvalue weighted by Crippen LogP contribution is 2.27. The molecule has 0 spiro atoms. The summed E-state index contributed by atoms with van der Waals surface area (Å²) in [5.74, 6) is 0.173. The first-order chi connectivity index (χ1) is 9.05. The minimum atomic E-state index is -3.16. The highest BCUT2D eigenvalue weighted by atomic mass is 32.2. The molecule has 0 bridgehead atoms. The second kappa shape index (κ2) is 6.54. The fourth-order valence-corrected chi connectivity index (χ4v) is 3.80. The van der Waals surface area contributed by atoms with Crippen molar-refractivity contribution in [2.24, 2.45) is 11.3 Å². The molecule has 1 saturated heterocycles. The van der Waals surface area contributed by atoms with Crippen molar-refractivity contribution in [3.8, 4) is 0 Å². The molecule has 2 atom stereocenters. The predicted molar refractivity (Wildman–Crippen MR) is 79.0 cm³/mol. The average Bonchev–Trinajstić information content (AvgIpc) is 2.26. The van der Waals surface area contributed by atoms with Gasteiger partial charge in [-0.2, -0.15) is 0 Å². The topological polar surface area (TPSA) is 63.7 Å². The molecular formula is C14H27NO4S. The quantitative estimate of drug-likeness (QED) is 0.775. The number of ether oxygens (including phenoxy) is 1. The minimum Gasteiger partial charge on any atom is -0.373 e. The summed E-state index contributed by atoms with van der Waals surface area (Å²) in [6, 6.07) is 0. The minimum absolute atomic E-state index is 0.0698. The Bertz CT molecular complexity index is 439. The smallest absolute Gasteiger partial charge is 0.211 e. The Morgan fingerprint density at radius 1 is 1.40 bits per heavy atom. The summed E-state index contributed by atoms with van der Waals surface area (Å²) in [6.45, 7) is 6.94. The van der Waals surface area contributed by atoms with Gasteiger partial charge in [-0.3, -0.25) is 4.79 Å². The predicted octanol–water partition coefficient (Wildman–Crippen LogP) is 1.68. The van der Waals surface area contributed by atoms with Gasteiger partial charge >= 0.3 is 0 Å². The van der Waals surface area contributed by atoms with Gasteiger partial charge in [-0.25, -0.2) is 12.7 Å². The van der Waals surface area contributed by atoms with Crippen LogP contribution >= 0.6 is 0 Å². The Labute approximate surface area is 122 Å². The van der Waals surface area contributed by atoms with Crippen LogP contribution in [-0.4, -0.2) is 51.1 Å². The first kappa shape index (κ1) is 17.6. The van der Waals surface area contributed by atoms with E-state index in [2.05, 4.69) is 0 Å². The van der Waals surface area contributed by atoms with E-state index in [0.717, 1.165) is 12.8 Å². The lowest BCUT2D eigenvalue weighted by atomic mass is 9.82. The van der Waals surface area contributed by atoms with Gasteiger partial charge in [0.15, 0.2) is 5.78 Å². The van der Waals surface area contributed by atoms with Crippen LogP contribution in [0.25, 0.3) is 0 Å². The lowest BCUT2D eigenvalue weighted by molar-refractivity contribution is -0.136. The summed E-state index contributed by atoms with van der Waals surface area (Å²) in [6.07, 6.45) is 2.90. The number of hydrogen-bond acceptors (Lipinski definition) is 4. The molecule has 0 N–H and O–H groups in total. The number of ketones is 1. The number of carbonyl (C=O) groups excluding carboxylic acids is 1. The van der Waals surface area contributed by atoms with Crippen LogP contribution in [0, 0.1) is 11.3 Å². The van der Waals surface area contributed by atoms with E-state index in [0.29, 0.717) is 19.5 Å². The maximum absolute atomic E-state index is 12.4. The number of rotatable bonds is 5. The second-order valence-corrected chi connectivity index (χ2v) is 8.76. The number of piperidine rings is 1. The van der Waals surface area contributed by atoms with Gasteiger partial charge in [-0.15, -0.1) is 0 Å². The van der Waals surface area contributed by atoms with Crippen molar-refractivity contribution >= 4 is 15.8 Å². The zero-order valence-electron chi connectivity index (χ0n) is 13.2. The normalized spacial score (nSPS) is 23.6. The van der Waals surface area contributed by atoms with Gasteiger partial charge in [-0.1, -0.05) is 20.8 Å². The van der Waals surface area contributed by atoms with Crippen LogP contribution < -0.4 is 0 Å². The molecule has 0 saturated carbocycles. The lowest BCUT2D eigenvalue weighted by Crippen LogP contribution is -2.42. The van der Waals surface area contributed by atoms with E-state index >= 15 is 0 Å². The first-order valence-corrected chi connectivity index (χ1v) is 8.91. The fourth-order valence-electron chi connectivity index (χ4n) is 2.85. The molecule has 1 fully saturated rings. The van der Waals surface area contributed by atoms with Crippen LogP contribution in [0.2, 0.25) is 0 Å².